The van der Waals surface area contributed by atoms with Crippen molar-refractivity contribution in [3.05, 3.63) is 40.3 Å². The average Bonchev–Trinajstić information content (AvgIpc) is 2.51. The fraction of sp³-hybridized carbons (Fsp3) is 0.333. The van der Waals surface area contributed by atoms with Crippen LogP contribution in [0.15, 0.2) is 18.3 Å². The number of amides is 1. The van der Waals surface area contributed by atoms with E-state index in [-0.39, 0.29) is 22.5 Å². The van der Waals surface area contributed by atoms with Crippen LogP contribution in [0.4, 0.5) is 19.1 Å². The SMILES string of the molecule is Cc1cc(C(=O)NC(C)c2cnc(OCC(F)(F)F)c(Cl)c2)nc(N)n1. The first-order valence-electron chi connectivity index (χ1n) is 7.32. The van der Waals surface area contributed by atoms with Crippen molar-refractivity contribution in [2.24, 2.45) is 0 Å². The van der Waals surface area contributed by atoms with Crippen molar-refractivity contribution in [2.75, 3.05) is 12.3 Å². The lowest BCUT2D eigenvalue weighted by molar-refractivity contribution is -0.154. The van der Waals surface area contributed by atoms with Gasteiger partial charge >= 0.3 is 6.18 Å². The van der Waals surface area contributed by atoms with Crippen LogP contribution in [0, 0.1) is 6.92 Å². The van der Waals surface area contributed by atoms with Crippen LogP contribution in [-0.4, -0.2) is 33.6 Å². The van der Waals surface area contributed by atoms with Crippen molar-refractivity contribution < 1.29 is 22.7 Å². The number of pyridine rings is 1. The van der Waals surface area contributed by atoms with E-state index in [0.29, 0.717) is 11.3 Å². The Labute approximate surface area is 151 Å². The molecule has 0 saturated carbocycles. The van der Waals surface area contributed by atoms with Crippen molar-refractivity contribution >= 4 is 23.5 Å². The molecule has 3 N–H and O–H groups in total. The van der Waals surface area contributed by atoms with E-state index in [1.807, 2.05) is 0 Å². The zero-order chi connectivity index (χ0) is 19.5. The lowest BCUT2D eigenvalue weighted by Gasteiger charge is -2.15. The smallest absolute Gasteiger partial charge is 0.422 e. The van der Waals surface area contributed by atoms with E-state index in [1.165, 1.54) is 18.3 Å². The molecule has 0 aliphatic heterocycles. The number of alkyl halides is 3. The molecule has 1 unspecified atom stereocenters. The number of nitrogens with one attached hydrogen (secondary N) is 1. The van der Waals surface area contributed by atoms with E-state index in [9.17, 15) is 18.0 Å². The number of nitrogen functional groups attached to an aromatic ring is 1. The summed E-state index contributed by atoms with van der Waals surface area (Å²) in [5.74, 6) is -0.868. The quantitative estimate of drug-likeness (QED) is 0.815. The Morgan fingerprint density at radius 2 is 2.08 bits per heavy atom. The molecule has 2 aromatic heterocycles. The predicted octanol–water partition coefficient (Wildman–Crippen LogP) is 2.85. The zero-order valence-corrected chi connectivity index (χ0v) is 14.5. The van der Waals surface area contributed by atoms with E-state index < -0.39 is 24.7 Å². The molecule has 1 amide bonds. The Morgan fingerprint density at radius 1 is 1.38 bits per heavy atom. The molecule has 0 aromatic carbocycles. The summed E-state index contributed by atoms with van der Waals surface area (Å²) in [6.07, 6.45) is -3.23. The van der Waals surface area contributed by atoms with Crippen LogP contribution in [0.25, 0.3) is 0 Å². The molecule has 0 aliphatic carbocycles. The van der Waals surface area contributed by atoms with Gasteiger partial charge < -0.3 is 15.8 Å². The number of rotatable bonds is 5. The Morgan fingerprint density at radius 3 is 2.65 bits per heavy atom. The molecule has 0 spiro atoms. The third-order valence-corrected chi connectivity index (χ3v) is 3.42. The number of hydrogen-bond donors (Lipinski definition) is 2. The molecular weight excluding hydrogens is 375 g/mol. The predicted molar refractivity (Wildman–Crippen MR) is 87.9 cm³/mol. The molecular formula is C15H15ClF3N5O2. The van der Waals surface area contributed by atoms with Gasteiger partial charge in [0.15, 0.2) is 6.61 Å². The van der Waals surface area contributed by atoms with Crippen LogP contribution in [0.1, 0.15) is 34.7 Å². The average molecular weight is 390 g/mol. The van der Waals surface area contributed by atoms with Gasteiger partial charge in [-0.2, -0.15) is 13.2 Å². The van der Waals surface area contributed by atoms with Gasteiger partial charge in [-0.1, -0.05) is 11.6 Å². The van der Waals surface area contributed by atoms with Gasteiger partial charge in [0.05, 0.1) is 6.04 Å². The molecule has 0 bridgehead atoms. The number of ether oxygens (including phenoxy) is 1. The minimum atomic E-state index is -4.50. The minimum Gasteiger partial charge on any atom is -0.467 e. The van der Waals surface area contributed by atoms with Crippen LogP contribution >= 0.6 is 11.6 Å². The van der Waals surface area contributed by atoms with Crippen molar-refractivity contribution in [1.29, 1.82) is 0 Å². The molecule has 0 fully saturated rings. The van der Waals surface area contributed by atoms with Crippen molar-refractivity contribution in [1.82, 2.24) is 20.3 Å². The van der Waals surface area contributed by atoms with Gasteiger partial charge in [-0.15, -0.1) is 0 Å². The number of aromatic nitrogens is 3. The van der Waals surface area contributed by atoms with Crippen molar-refractivity contribution in [3.63, 3.8) is 0 Å². The third-order valence-electron chi connectivity index (χ3n) is 3.15. The third kappa shape index (κ3) is 5.45. The van der Waals surface area contributed by atoms with E-state index in [1.54, 1.807) is 13.8 Å². The number of aryl methyl sites for hydroxylation is 1. The first-order chi connectivity index (χ1) is 12.0. The summed E-state index contributed by atoms with van der Waals surface area (Å²) < 4.78 is 41.1. The summed E-state index contributed by atoms with van der Waals surface area (Å²) in [7, 11) is 0. The summed E-state index contributed by atoms with van der Waals surface area (Å²) >= 11 is 5.89. The van der Waals surface area contributed by atoms with Gasteiger partial charge in [-0.3, -0.25) is 4.79 Å². The molecule has 26 heavy (non-hydrogen) atoms. The monoisotopic (exact) mass is 389 g/mol. The number of hydrogen-bond acceptors (Lipinski definition) is 6. The van der Waals surface area contributed by atoms with E-state index in [2.05, 4.69) is 25.0 Å². The maximum Gasteiger partial charge on any atom is 0.422 e. The second-order valence-electron chi connectivity index (χ2n) is 5.41. The number of halogens is 4. The lowest BCUT2D eigenvalue weighted by Crippen LogP contribution is -2.28. The molecule has 11 heteroatoms. The molecule has 0 radical (unpaired) electrons. The zero-order valence-electron chi connectivity index (χ0n) is 13.8. The normalized spacial score (nSPS) is 12.5. The summed E-state index contributed by atoms with van der Waals surface area (Å²) in [5.41, 5.74) is 6.61. The highest BCUT2D eigenvalue weighted by Crippen LogP contribution is 2.27. The Hall–Kier alpha value is -2.62. The first kappa shape index (κ1) is 19.7. The Balaban J connectivity index is 2.08. The Kier molecular flexibility index (Phi) is 5.86. The topological polar surface area (TPSA) is 103 Å². The van der Waals surface area contributed by atoms with E-state index in [0.717, 1.165) is 0 Å². The van der Waals surface area contributed by atoms with Crippen LogP contribution in [0.3, 0.4) is 0 Å². The minimum absolute atomic E-state index is 0.0290. The number of anilines is 1. The van der Waals surface area contributed by atoms with E-state index in [4.69, 9.17) is 17.3 Å². The van der Waals surface area contributed by atoms with Crippen LogP contribution in [0.5, 0.6) is 5.88 Å². The van der Waals surface area contributed by atoms with Gasteiger partial charge in [-0.05, 0) is 31.5 Å². The molecule has 7 nitrogen and oxygen atoms in total. The summed E-state index contributed by atoms with van der Waals surface area (Å²) in [6, 6.07) is 2.29. The van der Waals surface area contributed by atoms with E-state index >= 15 is 0 Å². The fourth-order valence-corrected chi connectivity index (χ4v) is 2.22. The van der Waals surface area contributed by atoms with Gasteiger partial charge in [0, 0.05) is 11.9 Å². The maximum absolute atomic E-state index is 12.2. The highest BCUT2D eigenvalue weighted by Gasteiger charge is 2.29. The number of nitrogens with zero attached hydrogens (tertiary/aromatic N) is 3. The number of carbonyl (C=O) groups is 1. The molecule has 2 aromatic rings. The molecule has 0 saturated heterocycles. The lowest BCUT2D eigenvalue weighted by atomic mass is 10.1. The summed E-state index contributed by atoms with van der Waals surface area (Å²) in [4.78, 5) is 23.7. The standard InChI is InChI=1S/C15H15ClF3N5O2/c1-7-3-11(24-14(20)22-7)12(25)23-8(2)9-4-10(16)13(21-5-9)26-6-15(17,18)19/h3-5,8H,6H2,1-2H3,(H,23,25)(H2,20,22,24). The highest BCUT2D eigenvalue weighted by atomic mass is 35.5. The van der Waals surface area contributed by atoms with Gasteiger partial charge in [-0.25, -0.2) is 15.0 Å². The van der Waals surface area contributed by atoms with Gasteiger partial charge in [0.1, 0.15) is 10.7 Å². The molecule has 1 atom stereocenters. The second kappa shape index (κ2) is 7.73. The molecule has 0 aliphatic rings. The first-order valence-corrected chi connectivity index (χ1v) is 7.70. The number of carbonyl (C=O) groups excluding carboxylic acids is 1. The van der Waals surface area contributed by atoms with Crippen LogP contribution in [0.2, 0.25) is 5.02 Å². The summed E-state index contributed by atoms with van der Waals surface area (Å²) in [6.45, 7) is 1.82. The maximum atomic E-state index is 12.2. The van der Waals surface area contributed by atoms with Crippen LogP contribution in [-0.2, 0) is 0 Å². The van der Waals surface area contributed by atoms with Gasteiger partial charge in [0.2, 0.25) is 11.8 Å². The van der Waals surface area contributed by atoms with Gasteiger partial charge in [0.25, 0.3) is 5.91 Å². The van der Waals surface area contributed by atoms with Crippen molar-refractivity contribution in [2.45, 2.75) is 26.1 Å². The van der Waals surface area contributed by atoms with Crippen LogP contribution < -0.4 is 15.8 Å². The largest absolute Gasteiger partial charge is 0.467 e. The Bertz CT molecular complexity index is 796. The van der Waals surface area contributed by atoms with Crippen molar-refractivity contribution in [3.8, 4) is 5.88 Å². The second-order valence-corrected chi connectivity index (χ2v) is 5.81. The fourth-order valence-electron chi connectivity index (χ4n) is 2.00. The molecule has 140 valence electrons. The highest BCUT2D eigenvalue weighted by molar-refractivity contribution is 6.31. The molecule has 2 heterocycles. The summed E-state index contributed by atoms with van der Waals surface area (Å²) in [5, 5.41) is 2.56. The molecule has 2 rings (SSSR count). The number of nitrogens with two attached hydrogens (primary N) is 1.